The second-order valence-corrected chi connectivity index (χ2v) is 4.08. The van der Waals surface area contributed by atoms with Gasteiger partial charge in [-0.2, -0.15) is 0 Å². The molecule has 0 aromatic heterocycles. The fourth-order valence-electron chi connectivity index (χ4n) is 1.63. The third-order valence-electron chi connectivity index (χ3n) is 1.86. The Morgan fingerprint density at radius 3 is 1.50 bits per heavy atom. The Kier molecular flexibility index (Phi) is 3.14. The van der Waals surface area contributed by atoms with Crippen LogP contribution >= 0.6 is 0 Å². The van der Waals surface area contributed by atoms with Crippen LogP contribution in [-0.4, -0.2) is 0 Å². The van der Waals surface area contributed by atoms with Gasteiger partial charge in [0.05, 0.1) is 0 Å². The van der Waals surface area contributed by atoms with Crippen molar-refractivity contribution in [3.05, 3.63) is 11.1 Å². The summed E-state index contributed by atoms with van der Waals surface area (Å²) in [7, 11) is 0. The number of rotatable bonds is 1. The second kappa shape index (κ2) is 3.23. The van der Waals surface area contributed by atoms with Gasteiger partial charge in [0.15, 0.2) is 0 Å². The molecule has 0 aromatic carbocycles. The van der Waals surface area contributed by atoms with Gasteiger partial charge >= 0.3 is 0 Å². The van der Waals surface area contributed by atoms with Crippen molar-refractivity contribution in [1.29, 1.82) is 0 Å². The van der Waals surface area contributed by atoms with Gasteiger partial charge in [0.1, 0.15) is 0 Å². The monoisotopic (exact) mass is 140 g/mol. The molecule has 0 aliphatic heterocycles. The van der Waals surface area contributed by atoms with Crippen molar-refractivity contribution >= 4 is 0 Å². The smallest absolute Gasteiger partial charge is 0.0171 e. The molecular weight excluding hydrogens is 120 g/mol. The van der Waals surface area contributed by atoms with Crippen LogP contribution in [0.25, 0.3) is 0 Å². The summed E-state index contributed by atoms with van der Waals surface area (Å²) in [5, 5.41) is 0. The molecule has 0 saturated heterocycles. The van der Waals surface area contributed by atoms with Crippen LogP contribution in [0.5, 0.6) is 0 Å². The standard InChI is InChI=1S/C10H20/c1-7-9(8(2)3)10(4,5)6/h7H2,1-6H3. The number of hydrogen-bond acceptors (Lipinski definition) is 0. The Morgan fingerprint density at radius 1 is 1.10 bits per heavy atom. The molecule has 60 valence electrons. The maximum Gasteiger partial charge on any atom is -0.0171 e. The predicted molar refractivity (Wildman–Crippen MR) is 48.1 cm³/mol. The third-order valence-corrected chi connectivity index (χ3v) is 1.86. The van der Waals surface area contributed by atoms with Gasteiger partial charge in [0.2, 0.25) is 0 Å². The summed E-state index contributed by atoms with van der Waals surface area (Å²) >= 11 is 0. The molecule has 0 N–H and O–H groups in total. The van der Waals surface area contributed by atoms with E-state index in [0.717, 1.165) is 0 Å². The van der Waals surface area contributed by atoms with E-state index in [4.69, 9.17) is 0 Å². The molecule has 0 heteroatoms. The van der Waals surface area contributed by atoms with Crippen LogP contribution in [0.3, 0.4) is 0 Å². The van der Waals surface area contributed by atoms with Crippen molar-refractivity contribution in [2.24, 2.45) is 5.41 Å². The van der Waals surface area contributed by atoms with Crippen LogP contribution in [0.1, 0.15) is 48.0 Å². The van der Waals surface area contributed by atoms with Gasteiger partial charge in [-0.05, 0) is 25.7 Å². The van der Waals surface area contributed by atoms with Crippen molar-refractivity contribution < 1.29 is 0 Å². The van der Waals surface area contributed by atoms with Crippen LogP contribution < -0.4 is 0 Å². The predicted octanol–water partition coefficient (Wildman–Crippen LogP) is 3.78. The van der Waals surface area contributed by atoms with Crippen LogP contribution in [0.15, 0.2) is 11.1 Å². The van der Waals surface area contributed by atoms with Crippen LogP contribution in [0, 0.1) is 5.41 Å². The Balaban J connectivity index is 4.55. The van der Waals surface area contributed by atoms with Gasteiger partial charge in [-0.15, -0.1) is 0 Å². The van der Waals surface area contributed by atoms with Gasteiger partial charge in [0, 0.05) is 0 Å². The van der Waals surface area contributed by atoms with Crippen molar-refractivity contribution in [2.75, 3.05) is 0 Å². The van der Waals surface area contributed by atoms with Gasteiger partial charge in [-0.3, -0.25) is 0 Å². The van der Waals surface area contributed by atoms with E-state index in [2.05, 4.69) is 41.5 Å². The zero-order valence-corrected chi connectivity index (χ0v) is 8.21. The molecule has 0 aliphatic rings. The fraction of sp³-hybridized carbons (Fsp3) is 0.800. The summed E-state index contributed by atoms with van der Waals surface area (Å²) in [5.41, 5.74) is 3.44. The average Bonchev–Trinajstić information content (AvgIpc) is 1.60. The molecule has 0 saturated carbocycles. The molecule has 0 unspecified atom stereocenters. The lowest BCUT2D eigenvalue weighted by Gasteiger charge is -2.23. The molecule has 0 aromatic rings. The highest BCUT2D eigenvalue weighted by atomic mass is 14.2. The number of allylic oxidation sites excluding steroid dienone is 2. The van der Waals surface area contributed by atoms with Gasteiger partial charge in [0.25, 0.3) is 0 Å². The van der Waals surface area contributed by atoms with E-state index in [0.29, 0.717) is 5.41 Å². The highest BCUT2D eigenvalue weighted by molar-refractivity contribution is 5.15. The van der Waals surface area contributed by atoms with Crippen LogP contribution in [0.2, 0.25) is 0 Å². The molecule has 0 amide bonds. The molecule has 0 aliphatic carbocycles. The van der Waals surface area contributed by atoms with E-state index in [-0.39, 0.29) is 0 Å². The lowest BCUT2D eigenvalue weighted by Crippen LogP contribution is -2.09. The minimum absolute atomic E-state index is 0.369. The number of hydrogen-bond donors (Lipinski definition) is 0. The fourth-order valence-corrected chi connectivity index (χ4v) is 1.63. The van der Waals surface area contributed by atoms with Crippen molar-refractivity contribution in [3.8, 4) is 0 Å². The van der Waals surface area contributed by atoms with Crippen molar-refractivity contribution in [3.63, 3.8) is 0 Å². The molecule has 0 heterocycles. The minimum Gasteiger partial charge on any atom is -0.0767 e. The first kappa shape index (κ1) is 9.74. The molecule has 0 rings (SSSR count). The first-order valence-corrected chi connectivity index (χ1v) is 4.06. The quantitative estimate of drug-likeness (QED) is 0.486. The Morgan fingerprint density at radius 2 is 1.50 bits per heavy atom. The summed E-state index contributed by atoms with van der Waals surface area (Å²) in [5.74, 6) is 0. The highest BCUT2D eigenvalue weighted by Crippen LogP contribution is 2.29. The first-order chi connectivity index (χ1) is 4.39. The molecule has 0 spiro atoms. The largest absolute Gasteiger partial charge is 0.0767 e. The zero-order valence-electron chi connectivity index (χ0n) is 8.21. The first-order valence-electron chi connectivity index (χ1n) is 4.06. The molecule has 10 heavy (non-hydrogen) atoms. The maximum atomic E-state index is 2.28. The molecule has 0 nitrogen and oxygen atoms in total. The van der Waals surface area contributed by atoms with Gasteiger partial charge < -0.3 is 0 Å². The normalized spacial score (nSPS) is 11.4. The van der Waals surface area contributed by atoms with E-state index in [9.17, 15) is 0 Å². The van der Waals surface area contributed by atoms with E-state index >= 15 is 0 Å². The molecule has 0 bridgehead atoms. The van der Waals surface area contributed by atoms with Crippen LogP contribution in [0.4, 0.5) is 0 Å². The summed E-state index contributed by atoms with van der Waals surface area (Å²) in [6, 6.07) is 0. The summed E-state index contributed by atoms with van der Waals surface area (Å²) < 4.78 is 0. The van der Waals surface area contributed by atoms with Gasteiger partial charge in [-0.1, -0.05) is 38.8 Å². The molecule has 0 fully saturated rings. The second-order valence-electron chi connectivity index (χ2n) is 4.08. The highest BCUT2D eigenvalue weighted by Gasteiger charge is 2.15. The van der Waals surface area contributed by atoms with Crippen LogP contribution in [-0.2, 0) is 0 Å². The SMILES string of the molecule is CCC(=C(C)C)C(C)(C)C. The Bertz CT molecular complexity index is 129. The van der Waals surface area contributed by atoms with Crippen molar-refractivity contribution in [2.45, 2.75) is 48.0 Å². The summed E-state index contributed by atoms with van der Waals surface area (Å²) in [6.07, 6.45) is 1.19. The maximum absolute atomic E-state index is 2.28. The lowest BCUT2D eigenvalue weighted by atomic mass is 9.82. The third kappa shape index (κ3) is 2.55. The van der Waals surface area contributed by atoms with E-state index < -0.39 is 0 Å². The lowest BCUT2D eigenvalue weighted by molar-refractivity contribution is 0.482. The molecule has 0 atom stereocenters. The molecular formula is C10H20. The Hall–Kier alpha value is -0.260. The minimum atomic E-state index is 0.369. The van der Waals surface area contributed by atoms with E-state index in [1.54, 1.807) is 5.57 Å². The topological polar surface area (TPSA) is 0 Å². The molecule has 0 radical (unpaired) electrons. The average molecular weight is 140 g/mol. The zero-order chi connectivity index (χ0) is 8.36. The summed E-state index contributed by atoms with van der Waals surface area (Å²) in [6.45, 7) is 13.5. The van der Waals surface area contributed by atoms with Gasteiger partial charge in [-0.25, -0.2) is 0 Å². The van der Waals surface area contributed by atoms with Crippen molar-refractivity contribution in [1.82, 2.24) is 0 Å². The Labute approximate surface area is 65.3 Å². The summed E-state index contributed by atoms with van der Waals surface area (Å²) in [4.78, 5) is 0. The van der Waals surface area contributed by atoms with E-state index in [1.807, 2.05) is 0 Å². The van der Waals surface area contributed by atoms with E-state index in [1.165, 1.54) is 12.0 Å².